The van der Waals surface area contributed by atoms with Crippen LogP contribution in [0.3, 0.4) is 0 Å². The number of rotatable bonds is 9. The number of hydrogen-bond donors (Lipinski definition) is 1. The predicted molar refractivity (Wildman–Crippen MR) is 177 cm³/mol. The van der Waals surface area contributed by atoms with E-state index >= 15 is 0 Å². The van der Waals surface area contributed by atoms with Crippen molar-refractivity contribution in [3.05, 3.63) is 84.8 Å². The Morgan fingerprint density at radius 2 is 1.71 bits per heavy atom. The highest BCUT2D eigenvalue weighted by atomic mass is 32.1. The molecule has 45 heavy (non-hydrogen) atoms. The van der Waals surface area contributed by atoms with Crippen molar-refractivity contribution in [1.29, 1.82) is 0 Å². The van der Waals surface area contributed by atoms with Crippen molar-refractivity contribution >= 4 is 44.6 Å². The fourth-order valence-electron chi connectivity index (χ4n) is 5.89. The lowest BCUT2D eigenvalue weighted by Crippen LogP contribution is -2.47. The fraction of sp³-hybridized carbons (Fsp3) is 0.294. The topological polar surface area (TPSA) is 127 Å². The molecule has 5 aromatic rings. The third-order valence-electron chi connectivity index (χ3n) is 8.30. The number of carbonyl (C=O) groups is 2. The van der Waals surface area contributed by atoms with Gasteiger partial charge in [0, 0.05) is 49.4 Å². The zero-order chi connectivity index (χ0) is 31.4. The normalized spacial score (nSPS) is 14.3. The molecule has 3 aromatic heterocycles. The van der Waals surface area contributed by atoms with Gasteiger partial charge >= 0.3 is 12.0 Å². The molecule has 0 atom stereocenters. The van der Waals surface area contributed by atoms with E-state index in [9.17, 15) is 9.59 Å². The Hall–Kier alpha value is -4.90. The van der Waals surface area contributed by atoms with Gasteiger partial charge in [0.15, 0.2) is 5.13 Å². The van der Waals surface area contributed by atoms with Crippen LogP contribution in [0.1, 0.15) is 32.3 Å². The Balaban J connectivity index is 1.27. The van der Waals surface area contributed by atoms with Gasteiger partial charge in [-0.25, -0.2) is 19.7 Å². The molecule has 2 N–H and O–H groups in total. The van der Waals surface area contributed by atoms with Crippen molar-refractivity contribution in [3.63, 3.8) is 0 Å². The lowest BCUT2D eigenvalue weighted by molar-refractivity contribution is -0.156. The van der Waals surface area contributed by atoms with Gasteiger partial charge in [-0.2, -0.15) is 0 Å². The molecule has 0 bridgehead atoms. The molecular formula is C34H35N7O3S. The van der Waals surface area contributed by atoms with Gasteiger partial charge in [0.2, 0.25) is 5.95 Å². The van der Waals surface area contributed by atoms with E-state index in [1.54, 1.807) is 6.20 Å². The number of amides is 2. The predicted octanol–water partition coefficient (Wildman–Crippen LogP) is 6.11. The molecule has 0 spiro atoms. The van der Waals surface area contributed by atoms with Crippen LogP contribution in [0.25, 0.3) is 32.6 Å². The van der Waals surface area contributed by atoms with Crippen LogP contribution in [0, 0.1) is 5.41 Å². The van der Waals surface area contributed by atoms with Gasteiger partial charge in [-0.05, 0) is 68.5 Å². The number of nitrogens with zero attached hydrogens (tertiary/aromatic N) is 6. The average molecular weight is 622 g/mol. The van der Waals surface area contributed by atoms with Gasteiger partial charge in [-0.1, -0.05) is 47.7 Å². The number of fused-ring (bicyclic) bond motifs is 1. The average Bonchev–Trinajstić information content (AvgIpc) is 3.49. The van der Waals surface area contributed by atoms with E-state index < -0.39 is 11.4 Å². The Labute approximate surface area is 265 Å². The molecule has 2 aromatic carbocycles. The smallest absolute Gasteiger partial charge is 0.321 e. The summed E-state index contributed by atoms with van der Waals surface area (Å²) in [7, 11) is 0. The van der Waals surface area contributed by atoms with Crippen LogP contribution in [-0.4, -0.2) is 58.2 Å². The molecule has 1 aliphatic heterocycles. The minimum Gasteiger partial charge on any atom is -0.466 e. The molecule has 11 heteroatoms. The third kappa shape index (κ3) is 6.21. The molecule has 0 aliphatic carbocycles. The number of nitrogens with two attached hydrogens (primary N) is 1. The lowest BCUT2D eigenvalue weighted by atomic mass is 9.73. The van der Waals surface area contributed by atoms with E-state index in [-0.39, 0.29) is 5.97 Å². The first-order chi connectivity index (χ1) is 21.9. The summed E-state index contributed by atoms with van der Waals surface area (Å²) in [5, 5.41) is 0.539. The molecule has 6 rings (SSSR count). The summed E-state index contributed by atoms with van der Waals surface area (Å²) < 4.78 is 6.46. The molecule has 2 amide bonds. The van der Waals surface area contributed by atoms with Crippen LogP contribution in [0.15, 0.2) is 79.3 Å². The highest BCUT2D eigenvalue weighted by Gasteiger charge is 2.43. The summed E-state index contributed by atoms with van der Waals surface area (Å²) in [6.07, 6.45) is 7.35. The fourth-order valence-corrected chi connectivity index (χ4v) is 7.03. The van der Waals surface area contributed by atoms with Crippen LogP contribution < -0.4 is 15.5 Å². The van der Waals surface area contributed by atoms with Crippen molar-refractivity contribution in [2.24, 2.45) is 11.1 Å². The van der Waals surface area contributed by atoms with E-state index in [0.29, 0.717) is 56.6 Å². The van der Waals surface area contributed by atoms with Crippen LogP contribution in [0.2, 0.25) is 0 Å². The summed E-state index contributed by atoms with van der Waals surface area (Å²) in [5.41, 5.74) is 10.3. The number of carbonyl (C=O) groups excluding carboxylic acids is 2. The summed E-state index contributed by atoms with van der Waals surface area (Å²) in [6, 6.07) is 19.4. The molecular weight excluding hydrogens is 586 g/mol. The molecule has 0 radical (unpaired) electrons. The maximum absolute atomic E-state index is 13.2. The maximum atomic E-state index is 13.2. The van der Waals surface area contributed by atoms with E-state index in [1.807, 2.05) is 68.7 Å². The summed E-state index contributed by atoms with van der Waals surface area (Å²) in [6.45, 7) is 5.79. The highest BCUT2D eigenvalue weighted by molar-refractivity contribution is 7.23. The number of ether oxygens (including phenoxy) is 1. The van der Waals surface area contributed by atoms with Crippen LogP contribution in [0.5, 0.6) is 0 Å². The molecule has 0 unspecified atom stereocenters. The van der Waals surface area contributed by atoms with Crippen molar-refractivity contribution in [2.45, 2.75) is 33.1 Å². The second-order valence-electron chi connectivity index (χ2n) is 11.1. The standard InChI is InChI=1S/C34H35N7O3S/c1-3-41(31(35)43)33-39-28-19-24(18-26(29(28)45-33)27-12-8-9-15-36-27)25-21-37-32(38-22-25)40-16-13-34(14-17-40,30(42)44-4-2)20-23-10-6-5-7-11-23/h5-12,15,18-19,21-22H,3-4,13-14,16-17,20H2,1-2H3,(H2,35,43). The second-order valence-corrected chi connectivity index (χ2v) is 12.1. The number of hydrogen-bond acceptors (Lipinski definition) is 9. The second kappa shape index (κ2) is 13.0. The van der Waals surface area contributed by atoms with Crippen LogP contribution in [-0.2, 0) is 16.0 Å². The Morgan fingerprint density at radius 3 is 2.36 bits per heavy atom. The SMILES string of the molecule is CCOC(=O)C1(Cc2ccccc2)CCN(c2ncc(-c3cc(-c4ccccn4)c4sc(N(CC)C(N)=O)nc4c3)cn2)CC1. The molecule has 1 fully saturated rings. The molecule has 1 saturated heterocycles. The number of piperidine rings is 1. The Morgan fingerprint density at radius 1 is 0.978 bits per heavy atom. The third-order valence-corrected chi connectivity index (χ3v) is 9.43. The number of esters is 1. The van der Waals surface area contributed by atoms with Crippen molar-refractivity contribution < 1.29 is 14.3 Å². The Kier molecular flexibility index (Phi) is 8.70. The molecule has 0 saturated carbocycles. The summed E-state index contributed by atoms with van der Waals surface area (Å²) in [4.78, 5) is 47.6. The highest BCUT2D eigenvalue weighted by Crippen LogP contribution is 2.40. The van der Waals surface area contributed by atoms with Gasteiger partial charge in [-0.15, -0.1) is 0 Å². The van der Waals surface area contributed by atoms with Gasteiger partial charge in [0.25, 0.3) is 0 Å². The first-order valence-corrected chi connectivity index (χ1v) is 15.9. The van der Waals surface area contributed by atoms with E-state index in [1.165, 1.54) is 16.2 Å². The number of urea groups is 1. The zero-order valence-electron chi connectivity index (χ0n) is 25.3. The number of aromatic nitrogens is 4. The number of pyridine rings is 1. The van der Waals surface area contributed by atoms with Crippen molar-refractivity contribution in [2.75, 3.05) is 36.0 Å². The van der Waals surface area contributed by atoms with Gasteiger partial charge in [0.1, 0.15) is 0 Å². The first kappa shape index (κ1) is 30.1. The van der Waals surface area contributed by atoms with Crippen LogP contribution >= 0.6 is 11.3 Å². The number of thiazole rings is 1. The lowest BCUT2D eigenvalue weighted by Gasteiger charge is -2.40. The number of primary amides is 1. The number of anilines is 2. The van der Waals surface area contributed by atoms with E-state index in [4.69, 9.17) is 25.4 Å². The van der Waals surface area contributed by atoms with Crippen LogP contribution in [0.4, 0.5) is 15.9 Å². The maximum Gasteiger partial charge on any atom is 0.321 e. The quantitative estimate of drug-likeness (QED) is 0.195. The number of benzene rings is 2. The van der Waals surface area contributed by atoms with Gasteiger partial charge in [-0.3, -0.25) is 14.7 Å². The molecule has 230 valence electrons. The minimum absolute atomic E-state index is 0.132. The molecule has 10 nitrogen and oxygen atoms in total. The van der Waals surface area contributed by atoms with E-state index in [0.717, 1.165) is 38.2 Å². The monoisotopic (exact) mass is 621 g/mol. The first-order valence-electron chi connectivity index (χ1n) is 15.1. The van der Waals surface area contributed by atoms with Crippen molar-refractivity contribution in [3.8, 4) is 22.4 Å². The largest absolute Gasteiger partial charge is 0.466 e. The van der Waals surface area contributed by atoms with Gasteiger partial charge < -0.3 is 15.4 Å². The van der Waals surface area contributed by atoms with Crippen molar-refractivity contribution in [1.82, 2.24) is 19.9 Å². The zero-order valence-corrected chi connectivity index (χ0v) is 26.2. The summed E-state index contributed by atoms with van der Waals surface area (Å²) in [5.74, 6) is 0.491. The summed E-state index contributed by atoms with van der Waals surface area (Å²) >= 11 is 1.41. The van der Waals surface area contributed by atoms with Gasteiger partial charge in [0.05, 0.1) is 27.9 Å². The Bertz CT molecular complexity index is 1790. The van der Waals surface area contributed by atoms with E-state index in [2.05, 4.69) is 28.1 Å². The molecule has 4 heterocycles. The molecule has 1 aliphatic rings. The minimum atomic E-state index is -0.570.